The third kappa shape index (κ3) is 4.42. The van der Waals surface area contributed by atoms with E-state index in [-0.39, 0.29) is 13.0 Å². The molecular weight excluding hydrogens is 371 g/mol. The molecule has 1 aromatic carbocycles. The van der Waals surface area contributed by atoms with Crippen LogP contribution in [0.3, 0.4) is 0 Å². The van der Waals surface area contributed by atoms with E-state index in [4.69, 9.17) is 5.11 Å². The molecule has 0 spiro atoms. The number of hydrogen-bond donors (Lipinski definition) is 2. The van der Waals surface area contributed by atoms with Gasteiger partial charge in [-0.25, -0.2) is 0 Å². The number of para-hydroxylation sites is 1. The van der Waals surface area contributed by atoms with Gasteiger partial charge in [0.1, 0.15) is 0 Å². The smallest absolute Gasteiger partial charge is 0.304 e. The Bertz CT molecular complexity index is 532. The maximum absolute atomic E-state index is 11.9. The lowest BCUT2D eigenvalue weighted by Crippen LogP contribution is -2.34. The lowest BCUT2D eigenvalue weighted by atomic mass is 10.3. The largest absolute Gasteiger partial charge is 0.481 e. The lowest BCUT2D eigenvalue weighted by Gasteiger charge is -2.18. The van der Waals surface area contributed by atoms with Crippen LogP contribution in [0.1, 0.15) is 6.42 Å². The van der Waals surface area contributed by atoms with Gasteiger partial charge >= 0.3 is 16.2 Å². The fraction of sp³-hybridized carbons (Fsp3) is 0.300. The van der Waals surface area contributed by atoms with Gasteiger partial charge in [-0.3, -0.25) is 9.52 Å². The van der Waals surface area contributed by atoms with Gasteiger partial charge in [0, 0.05) is 17.2 Å². The van der Waals surface area contributed by atoms with Crippen LogP contribution in [0.5, 0.6) is 0 Å². The fourth-order valence-electron chi connectivity index (χ4n) is 1.13. The molecule has 0 atom stereocenters. The molecule has 0 aliphatic carbocycles. The van der Waals surface area contributed by atoms with Crippen molar-refractivity contribution in [3.63, 3.8) is 0 Å². The number of aliphatic carboxylic acids is 1. The van der Waals surface area contributed by atoms with Crippen molar-refractivity contribution in [1.82, 2.24) is 4.31 Å². The molecule has 1 aromatic rings. The van der Waals surface area contributed by atoms with Crippen LogP contribution in [0, 0.1) is 3.57 Å². The molecule has 0 unspecified atom stereocenters. The van der Waals surface area contributed by atoms with Crippen molar-refractivity contribution >= 4 is 44.5 Å². The summed E-state index contributed by atoms with van der Waals surface area (Å²) in [5.41, 5.74) is 0.472. The minimum atomic E-state index is -3.72. The van der Waals surface area contributed by atoms with Gasteiger partial charge in [0.05, 0.1) is 12.1 Å². The van der Waals surface area contributed by atoms with Gasteiger partial charge in [0.15, 0.2) is 0 Å². The number of benzene rings is 1. The highest BCUT2D eigenvalue weighted by atomic mass is 127. The first-order valence-corrected chi connectivity index (χ1v) is 7.55. The second kappa shape index (κ2) is 6.34. The Morgan fingerprint density at radius 1 is 1.44 bits per heavy atom. The highest BCUT2D eigenvalue weighted by molar-refractivity contribution is 14.1. The van der Waals surface area contributed by atoms with Gasteiger partial charge in [-0.05, 0) is 34.7 Å². The SMILES string of the molecule is CN(CCC(=O)O)S(=O)(=O)Nc1ccccc1I. The van der Waals surface area contributed by atoms with E-state index in [1.807, 2.05) is 22.6 Å². The molecule has 0 radical (unpaired) electrons. The minimum Gasteiger partial charge on any atom is -0.481 e. The maximum atomic E-state index is 11.9. The van der Waals surface area contributed by atoms with Crippen molar-refractivity contribution in [1.29, 1.82) is 0 Å². The van der Waals surface area contributed by atoms with E-state index in [2.05, 4.69) is 4.72 Å². The first kappa shape index (κ1) is 15.2. The Labute approximate surface area is 119 Å². The molecule has 0 amide bonds. The van der Waals surface area contributed by atoms with Crippen LogP contribution in [-0.4, -0.2) is 37.4 Å². The van der Waals surface area contributed by atoms with Crippen LogP contribution in [0.15, 0.2) is 24.3 Å². The molecule has 0 fully saturated rings. The molecule has 0 aromatic heterocycles. The Hall–Kier alpha value is -0.870. The number of hydrogen-bond acceptors (Lipinski definition) is 3. The monoisotopic (exact) mass is 384 g/mol. The zero-order valence-electron chi connectivity index (χ0n) is 9.63. The van der Waals surface area contributed by atoms with E-state index in [9.17, 15) is 13.2 Å². The van der Waals surface area contributed by atoms with Crippen LogP contribution in [0.4, 0.5) is 5.69 Å². The number of rotatable bonds is 6. The number of carbonyl (C=O) groups is 1. The van der Waals surface area contributed by atoms with Crippen molar-refractivity contribution < 1.29 is 18.3 Å². The van der Waals surface area contributed by atoms with E-state index in [0.717, 1.165) is 7.88 Å². The molecule has 0 aliphatic rings. The zero-order chi connectivity index (χ0) is 13.8. The second-order valence-corrected chi connectivity index (χ2v) is 6.49. The molecule has 0 aliphatic heterocycles. The predicted octanol–water partition coefficient (Wildman–Crippen LogP) is 1.35. The summed E-state index contributed by atoms with van der Waals surface area (Å²) in [4.78, 5) is 10.4. The highest BCUT2D eigenvalue weighted by Gasteiger charge is 2.19. The number of nitrogens with zero attached hydrogens (tertiary/aromatic N) is 1. The van der Waals surface area contributed by atoms with Gasteiger partial charge < -0.3 is 5.11 Å². The zero-order valence-corrected chi connectivity index (χ0v) is 12.6. The van der Waals surface area contributed by atoms with E-state index < -0.39 is 16.2 Å². The van der Waals surface area contributed by atoms with E-state index in [1.165, 1.54) is 7.05 Å². The van der Waals surface area contributed by atoms with Crippen LogP contribution in [-0.2, 0) is 15.0 Å². The summed E-state index contributed by atoms with van der Waals surface area (Å²) in [6.45, 7) is -0.0753. The normalized spacial score (nSPS) is 11.5. The molecule has 2 N–H and O–H groups in total. The Morgan fingerprint density at radius 3 is 2.61 bits per heavy atom. The van der Waals surface area contributed by atoms with Gasteiger partial charge in [-0.15, -0.1) is 0 Å². The van der Waals surface area contributed by atoms with Gasteiger partial charge in [-0.1, -0.05) is 12.1 Å². The van der Waals surface area contributed by atoms with Gasteiger partial charge in [0.2, 0.25) is 0 Å². The van der Waals surface area contributed by atoms with Gasteiger partial charge in [-0.2, -0.15) is 12.7 Å². The molecule has 6 nitrogen and oxygen atoms in total. The molecule has 1 rings (SSSR count). The van der Waals surface area contributed by atoms with Gasteiger partial charge in [0.25, 0.3) is 0 Å². The fourth-order valence-corrected chi connectivity index (χ4v) is 2.78. The molecule has 18 heavy (non-hydrogen) atoms. The second-order valence-electron chi connectivity index (χ2n) is 3.55. The van der Waals surface area contributed by atoms with Crippen LogP contribution >= 0.6 is 22.6 Å². The topological polar surface area (TPSA) is 86.7 Å². The quantitative estimate of drug-likeness (QED) is 0.726. The maximum Gasteiger partial charge on any atom is 0.304 e. The molecule has 0 bridgehead atoms. The van der Waals surface area contributed by atoms with Crippen LogP contribution in [0.2, 0.25) is 0 Å². The van der Waals surface area contributed by atoms with E-state index in [0.29, 0.717) is 5.69 Å². The summed E-state index contributed by atoms with van der Waals surface area (Å²) >= 11 is 2.02. The predicted molar refractivity (Wildman–Crippen MR) is 76.6 cm³/mol. The summed E-state index contributed by atoms with van der Waals surface area (Å²) in [5.74, 6) is -1.04. The van der Waals surface area contributed by atoms with Crippen molar-refractivity contribution in [2.45, 2.75) is 6.42 Å². The molecular formula is C10H13IN2O4S. The summed E-state index contributed by atoms with van der Waals surface area (Å²) < 4.78 is 27.9. The Morgan fingerprint density at radius 2 is 2.06 bits per heavy atom. The summed E-state index contributed by atoms with van der Waals surface area (Å²) in [6, 6.07) is 6.94. The van der Waals surface area contributed by atoms with Crippen molar-refractivity contribution in [3.8, 4) is 0 Å². The Kier molecular flexibility index (Phi) is 5.35. The first-order valence-electron chi connectivity index (χ1n) is 5.03. The third-order valence-corrected chi connectivity index (χ3v) is 4.59. The average Bonchev–Trinajstić information content (AvgIpc) is 2.28. The summed E-state index contributed by atoms with van der Waals surface area (Å²) in [7, 11) is -2.38. The highest BCUT2D eigenvalue weighted by Crippen LogP contribution is 2.19. The van der Waals surface area contributed by atoms with Crippen molar-refractivity contribution in [3.05, 3.63) is 27.8 Å². The number of carboxylic acids is 1. The molecule has 0 heterocycles. The average molecular weight is 384 g/mol. The third-order valence-electron chi connectivity index (χ3n) is 2.16. The minimum absolute atomic E-state index is 0.0753. The van der Waals surface area contributed by atoms with Crippen LogP contribution in [0.25, 0.3) is 0 Å². The van der Waals surface area contributed by atoms with E-state index >= 15 is 0 Å². The number of nitrogens with one attached hydrogen (secondary N) is 1. The van der Waals surface area contributed by atoms with Crippen molar-refractivity contribution in [2.75, 3.05) is 18.3 Å². The van der Waals surface area contributed by atoms with Crippen molar-refractivity contribution in [2.24, 2.45) is 0 Å². The molecule has 8 heteroatoms. The summed E-state index contributed by atoms with van der Waals surface area (Å²) in [6.07, 6.45) is -0.233. The molecule has 0 saturated carbocycles. The summed E-state index contributed by atoms with van der Waals surface area (Å²) in [5, 5.41) is 8.52. The lowest BCUT2D eigenvalue weighted by molar-refractivity contribution is -0.137. The number of carboxylic acid groups (broad SMARTS) is 1. The number of anilines is 1. The molecule has 0 saturated heterocycles. The van der Waals surface area contributed by atoms with E-state index in [1.54, 1.807) is 24.3 Å². The molecule has 100 valence electrons. The van der Waals surface area contributed by atoms with Crippen LogP contribution < -0.4 is 4.72 Å². The first-order chi connectivity index (χ1) is 8.33. The number of halogens is 1. The standard InChI is InChI=1S/C10H13IN2O4S/c1-13(7-6-10(14)15)18(16,17)12-9-5-3-2-4-8(9)11/h2-5,12H,6-7H2,1H3,(H,14,15). The Balaban J connectivity index is 2.76.